The highest BCUT2D eigenvalue weighted by atomic mass is 35.5. The van der Waals surface area contributed by atoms with E-state index in [2.05, 4.69) is 44.7 Å². The average Bonchev–Trinajstić information content (AvgIpc) is 3.89. The standard InChI is InChI=1S/C35H26Cl2N8O2S2/c1-46-28-13-7-22(16-26(28)32-38-40-34-44(32)42-30(48-34)18-20-3-9-24(36)10-4-20)15-23-8-14-29(47-2)27(17-23)33-39-41-35-45(33)43-31(49-35)19-21-5-11-25(37)12-6-21/h3-14,16-17H,15,18-19H2,1-2H3. The number of fused-ring (bicyclic) bond motifs is 2. The molecule has 14 heteroatoms. The SMILES string of the molecule is COc1ccc(Cc2ccc(OC)c(-c3nnc4sc(Cc5ccc(Cl)cc5)nn34)c2)cc1-c1nnc2sc(Cc3ccc(Cl)cc3)nn12. The Labute approximate surface area is 298 Å². The minimum Gasteiger partial charge on any atom is -0.496 e. The van der Waals surface area contributed by atoms with Gasteiger partial charge in [-0.05, 0) is 77.2 Å². The Morgan fingerprint density at radius 3 is 1.35 bits per heavy atom. The molecular weight excluding hydrogens is 699 g/mol. The van der Waals surface area contributed by atoms with E-state index in [9.17, 15) is 0 Å². The van der Waals surface area contributed by atoms with E-state index in [1.165, 1.54) is 22.7 Å². The summed E-state index contributed by atoms with van der Waals surface area (Å²) in [5, 5.41) is 30.8. The van der Waals surface area contributed by atoms with Crippen LogP contribution in [-0.4, -0.2) is 53.8 Å². The maximum atomic E-state index is 6.07. The summed E-state index contributed by atoms with van der Waals surface area (Å²) >= 11 is 15.2. The predicted octanol–water partition coefficient (Wildman–Crippen LogP) is 8.12. The molecule has 49 heavy (non-hydrogen) atoms. The number of ether oxygens (including phenoxy) is 2. The second-order valence-electron chi connectivity index (χ2n) is 11.3. The first-order valence-electron chi connectivity index (χ1n) is 15.2. The molecule has 0 fully saturated rings. The van der Waals surface area contributed by atoms with Crippen LogP contribution in [-0.2, 0) is 19.3 Å². The van der Waals surface area contributed by atoms with Gasteiger partial charge in [-0.2, -0.15) is 19.2 Å². The van der Waals surface area contributed by atoms with Gasteiger partial charge < -0.3 is 9.47 Å². The molecule has 0 spiro atoms. The van der Waals surface area contributed by atoms with Crippen LogP contribution < -0.4 is 9.47 Å². The average molecular weight is 726 g/mol. The zero-order valence-electron chi connectivity index (χ0n) is 26.2. The normalized spacial score (nSPS) is 11.5. The maximum Gasteiger partial charge on any atom is 0.234 e. The molecule has 8 aromatic rings. The Kier molecular flexibility index (Phi) is 8.46. The quantitative estimate of drug-likeness (QED) is 0.139. The lowest BCUT2D eigenvalue weighted by Gasteiger charge is -2.11. The summed E-state index contributed by atoms with van der Waals surface area (Å²) in [6, 6.07) is 27.7. The van der Waals surface area contributed by atoms with Crippen LogP contribution in [0.5, 0.6) is 11.5 Å². The monoisotopic (exact) mass is 724 g/mol. The number of halogens is 2. The number of methoxy groups -OCH3 is 2. The topological polar surface area (TPSA) is 105 Å². The van der Waals surface area contributed by atoms with Crippen molar-refractivity contribution in [3.63, 3.8) is 0 Å². The highest BCUT2D eigenvalue weighted by Crippen LogP contribution is 2.35. The zero-order valence-corrected chi connectivity index (χ0v) is 29.3. The van der Waals surface area contributed by atoms with Crippen LogP contribution in [0.25, 0.3) is 32.7 Å². The number of hydrogen-bond donors (Lipinski definition) is 0. The van der Waals surface area contributed by atoms with Crippen molar-refractivity contribution in [2.24, 2.45) is 0 Å². The highest BCUT2D eigenvalue weighted by molar-refractivity contribution is 7.17. The molecule has 10 nitrogen and oxygen atoms in total. The van der Waals surface area contributed by atoms with E-state index < -0.39 is 0 Å². The third-order valence-electron chi connectivity index (χ3n) is 8.02. The van der Waals surface area contributed by atoms with Crippen molar-refractivity contribution in [2.45, 2.75) is 19.3 Å². The van der Waals surface area contributed by atoms with Crippen molar-refractivity contribution in [3.05, 3.63) is 127 Å². The molecule has 4 aromatic carbocycles. The molecule has 4 aromatic heterocycles. The van der Waals surface area contributed by atoms with Gasteiger partial charge in [0.05, 0.1) is 25.3 Å². The molecule has 0 aliphatic rings. The first-order chi connectivity index (χ1) is 23.9. The van der Waals surface area contributed by atoms with Gasteiger partial charge >= 0.3 is 0 Å². The summed E-state index contributed by atoms with van der Waals surface area (Å²) in [5.41, 5.74) is 5.97. The summed E-state index contributed by atoms with van der Waals surface area (Å²) in [7, 11) is 3.30. The molecule has 0 saturated heterocycles. The Hall–Kier alpha value is -4.88. The van der Waals surface area contributed by atoms with Crippen LogP contribution in [0.1, 0.15) is 32.3 Å². The third kappa shape index (κ3) is 6.35. The lowest BCUT2D eigenvalue weighted by Crippen LogP contribution is -1.99. The summed E-state index contributed by atoms with van der Waals surface area (Å²) in [5.74, 6) is 2.60. The molecule has 8 rings (SSSR count). The number of rotatable bonds is 10. The molecule has 0 amide bonds. The molecule has 0 saturated carbocycles. The molecule has 4 heterocycles. The molecule has 0 bridgehead atoms. The molecular formula is C35H26Cl2N8O2S2. The van der Waals surface area contributed by atoms with E-state index in [4.69, 9.17) is 42.9 Å². The van der Waals surface area contributed by atoms with E-state index in [0.29, 0.717) is 62.4 Å². The fourth-order valence-corrected chi connectivity index (χ4v) is 7.65. The fraction of sp³-hybridized carbons (Fsp3) is 0.143. The number of hydrogen-bond acceptors (Lipinski definition) is 10. The molecule has 0 aliphatic heterocycles. The van der Waals surface area contributed by atoms with Crippen LogP contribution in [0.3, 0.4) is 0 Å². The van der Waals surface area contributed by atoms with E-state index in [0.717, 1.165) is 43.4 Å². The van der Waals surface area contributed by atoms with Gasteiger partial charge in [-0.3, -0.25) is 0 Å². The van der Waals surface area contributed by atoms with Crippen molar-refractivity contribution in [1.29, 1.82) is 0 Å². The minimum absolute atomic E-state index is 0.617. The third-order valence-corrected chi connectivity index (χ3v) is 10.3. The van der Waals surface area contributed by atoms with Crippen molar-refractivity contribution in [3.8, 4) is 34.3 Å². The molecule has 244 valence electrons. The maximum absolute atomic E-state index is 6.07. The predicted molar refractivity (Wildman–Crippen MR) is 193 cm³/mol. The van der Waals surface area contributed by atoms with Crippen molar-refractivity contribution < 1.29 is 9.47 Å². The Bertz CT molecular complexity index is 2270. The molecule has 0 unspecified atom stereocenters. The molecule has 0 aliphatic carbocycles. The van der Waals surface area contributed by atoms with Gasteiger partial charge in [-0.15, -0.1) is 20.4 Å². The van der Waals surface area contributed by atoms with Crippen LogP contribution in [0.15, 0.2) is 84.9 Å². The Morgan fingerprint density at radius 1 is 0.531 bits per heavy atom. The molecule has 0 atom stereocenters. The zero-order chi connectivity index (χ0) is 33.5. The summed E-state index contributed by atoms with van der Waals surface area (Å²) < 4.78 is 15.1. The molecule has 0 N–H and O–H groups in total. The van der Waals surface area contributed by atoms with Gasteiger partial charge in [0.1, 0.15) is 21.5 Å². The summed E-state index contributed by atoms with van der Waals surface area (Å²) in [6.45, 7) is 0. The van der Waals surface area contributed by atoms with E-state index in [1.54, 1.807) is 23.3 Å². The van der Waals surface area contributed by atoms with Crippen LogP contribution in [0, 0.1) is 0 Å². The van der Waals surface area contributed by atoms with E-state index in [-0.39, 0.29) is 0 Å². The van der Waals surface area contributed by atoms with Crippen LogP contribution >= 0.6 is 45.9 Å². The first kappa shape index (κ1) is 31.4. The first-order valence-corrected chi connectivity index (χ1v) is 17.6. The van der Waals surface area contributed by atoms with E-state index >= 15 is 0 Å². The Morgan fingerprint density at radius 2 is 0.939 bits per heavy atom. The summed E-state index contributed by atoms with van der Waals surface area (Å²) in [4.78, 5) is 1.42. The number of nitrogens with zero attached hydrogens (tertiary/aromatic N) is 8. The van der Waals surface area contributed by atoms with Gasteiger partial charge in [-0.25, -0.2) is 0 Å². The van der Waals surface area contributed by atoms with E-state index in [1.807, 2.05) is 60.7 Å². The van der Waals surface area contributed by atoms with Crippen LogP contribution in [0.4, 0.5) is 0 Å². The van der Waals surface area contributed by atoms with Gasteiger partial charge in [-0.1, -0.05) is 82.3 Å². The molecule has 0 radical (unpaired) electrons. The van der Waals surface area contributed by atoms with Crippen molar-refractivity contribution in [1.82, 2.24) is 39.6 Å². The van der Waals surface area contributed by atoms with Gasteiger partial charge in [0.15, 0.2) is 11.6 Å². The van der Waals surface area contributed by atoms with Gasteiger partial charge in [0, 0.05) is 22.9 Å². The second-order valence-corrected chi connectivity index (χ2v) is 14.2. The Balaban J connectivity index is 1.09. The van der Waals surface area contributed by atoms with Gasteiger partial charge in [0.25, 0.3) is 0 Å². The lowest BCUT2D eigenvalue weighted by atomic mass is 9.99. The fourth-order valence-electron chi connectivity index (χ4n) is 5.66. The number of benzene rings is 4. The van der Waals surface area contributed by atoms with Crippen molar-refractivity contribution >= 4 is 55.8 Å². The smallest absolute Gasteiger partial charge is 0.234 e. The number of aromatic nitrogens is 8. The van der Waals surface area contributed by atoms with Gasteiger partial charge in [0.2, 0.25) is 9.92 Å². The lowest BCUT2D eigenvalue weighted by molar-refractivity contribution is 0.416. The minimum atomic E-state index is 0.617. The van der Waals surface area contributed by atoms with Crippen LogP contribution in [0.2, 0.25) is 10.0 Å². The highest BCUT2D eigenvalue weighted by Gasteiger charge is 2.20. The van der Waals surface area contributed by atoms with Crippen molar-refractivity contribution in [2.75, 3.05) is 14.2 Å². The largest absolute Gasteiger partial charge is 0.496 e. The second kappa shape index (κ2) is 13.2. The summed E-state index contributed by atoms with van der Waals surface area (Å²) in [6.07, 6.45) is 1.98.